The van der Waals surface area contributed by atoms with Gasteiger partial charge in [0, 0.05) is 5.69 Å². The molecule has 0 radical (unpaired) electrons. The summed E-state index contributed by atoms with van der Waals surface area (Å²) >= 11 is 0. The average molecular weight is 219 g/mol. The molecule has 1 aromatic carbocycles. The summed E-state index contributed by atoms with van der Waals surface area (Å²) in [4.78, 5) is 0. The van der Waals surface area contributed by atoms with Gasteiger partial charge in [0.25, 0.3) is 0 Å². The number of anilines is 1. The summed E-state index contributed by atoms with van der Waals surface area (Å²) in [7, 11) is 0. The maximum atomic E-state index is 9.81. The van der Waals surface area contributed by atoms with Crippen molar-refractivity contribution in [2.24, 2.45) is 0 Å². The fourth-order valence-electron chi connectivity index (χ4n) is 2.46. The molecule has 1 aliphatic rings. The van der Waals surface area contributed by atoms with Crippen molar-refractivity contribution in [3.63, 3.8) is 0 Å². The SMILES string of the molecule is CCCc1ccccc1N[C@@H]1CCC[C@H]1O. The Kier molecular flexibility index (Phi) is 3.83. The first-order chi connectivity index (χ1) is 7.81. The van der Waals surface area contributed by atoms with Gasteiger partial charge in [0.2, 0.25) is 0 Å². The lowest BCUT2D eigenvalue weighted by molar-refractivity contribution is 0.172. The quantitative estimate of drug-likeness (QED) is 0.816. The van der Waals surface area contributed by atoms with Gasteiger partial charge < -0.3 is 10.4 Å². The summed E-state index contributed by atoms with van der Waals surface area (Å²) in [6.45, 7) is 2.20. The normalized spacial score (nSPS) is 24.6. The van der Waals surface area contributed by atoms with Gasteiger partial charge in [0.15, 0.2) is 0 Å². The second-order valence-corrected chi connectivity index (χ2v) is 4.66. The Morgan fingerprint density at radius 2 is 2.12 bits per heavy atom. The first kappa shape index (κ1) is 11.5. The van der Waals surface area contributed by atoms with Crippen molar-refractivity contribution in [1.29, 1.82) is 0 Å². The molecule has 0 aliphatic heterocycles. The van der Waals surface area contributed by atoms with E-state index in [-0.39, 0.29) is 12.1 Å². The molecule has 1 aromatic rings. The standard InChI is InChI=1S/C14H21NO/c1-2-6-11-7-3-4-8-12(11)15-13-9-5-10-14(13)16/h3-4,7-8,13-16H,2,5-6,9-10H2,1H3/t13-,14-/m1/s1. The molecule has 2 atom stereocenters. The lowest BCUT2D eigenvalue weighted by Crippen LogP contribution is -2.28. The molecule has 0 unspecified atom stereocenters. The van der Waals surface area contributed by atoms with Crippen LogP contribution in [-0.4, -0.2) is 17.3 Å². The predicted octanol–water partition coefficient (Wildman–Crippen LogP) is 2.96. The molecule has 88 valence electrons. The van der Waals surface area contributed by atoms with E-state index in [1.165, 1.54) is 11.3 Å². The van der Waals surface area contributed by atoms with Crippen LogP contribution in [0.1, 0.15) is 38.2 Å². The molecular weight excluding hydrogens is 198 g/mol. The summed E-state index contributed by atoms with van der Waals surface area (Å²) < 4.78 is 0. The van der Waals surface area contributed by atoms with Gasteiger partial charge in [-0.2, -0.15) is 0 Å². The molecule has 2 N–H and O–H groups in total. The van der Waals surface area contributed by atoms with E-state index in [1.807, 2.05) is 0 Å². The third-order valence-corrected chi connectivity index (χ3v) is 3.36. The second-order valence-electron chi connectivity index (χ2n) is 4.66. The molecule has 2 nitrogen and oxygen atoms in total. The Morgan fingerprint density at radius 3 is 2.81 bits per heavy atom. The summed E-state index contributed by atoms with van der Waals surface area (Å²) in [5, 5.41) is 13.3. The molecule has 0 aromatic heterocycles. The molecule has 0 bridgehead atoms. The van der Waals surface area contributed by atoms with Gasteiger partial charge in [-0.1, -0.05) is 31.5 Å². The fourth-order valence-corrected chi connectivity index (χ4v) is 2.46. The van der Waals surface area contributed by atoms with E-state index < -0.39 is 0 Å². The third kappa shape index (κ3) is 2.56. The zero-order valence-electron chi connectivity index (χ0n) is 9.95. The molecule has 2 rings (SSSR count). The van der Waals surface area contributed by atoms with Crippen LogP contribution in [0.3, 0.4) is 0 Å². The zero-order chi connectivity index (χ0) is 11.4. The molecule has 16 heavy (non-hydrogen) atoms. The Bertz CT molecular complexity index is 337. The van der Waals surface area contributed by atoms with Gasteiger partial charge in [0.05, 0.1) is 12.1 Å². The van der Waals surface area contributed by atoms with Crippen LogP contribution >= 0.6 is 0 Å². The van der Waals surface area contributed by atoms with E-state index >= 15 is 0 Å². The van der Waals surface area contributed by atoms with Gasteiger partial charge in [-0.3, -0.25) is 0 Å². The highest BCUT2D eigenvalue weighted by Gasteiger charge is 2.25. The first-order valence-corrected chi connectivity index (χ1v) is 6.33. The maximum absolute atomic E-state index is 9.81. The van der Waals surface area contributed by atoms with Gasteiger partial charge in [-0.05, 0) is 37.3 Å². The van der Waals surface area contributed by atoms with Gasteiger partial charge >= 0.3 is 0 Å². The van der Waals surface area contributed by atoms with Crippen molar-refractivity contribution in [3.8, 4) is 0 Å². The molecule has 0 saturated heterocycles. The Balaban J connectivity index is 2.07. The Labute approximate surface area is 97.7 Å². The Hall–Kier alpha value is -1.02. The number of aliphatic hydroxyl groups excluding tert-OH is 1. The number of aryl methyl sites for hydroxylation is 1. The molecule has 0 heterocycles. The molecule has 1 saturated carbocycles. The van der Waals surface area contributed by atoms with E-state index in [2.05, 4.69) is 36.5 Å². The molecular formula is C14H21NO. The number of hydrogen-bond donors (Lipinski definition) is 2. The highest BCUT2D eigenvalue weighted by atomic mass is 16.3. The number of nitrogens with one attached hydrogen (secondary N) is 1. The Morgan fingerprint density at radius 1 is 1.31 bits per heavy atom. The molecule has 2 heteroatoms. The summed E-state index contributed by atoms with van der Waals surface area (Å²) in [6, 6.07) is 8.69. The number of hydrogen-bond acceptors (Lipinski definition) is 2. The second kappa shape index (κ2) is 5.35. The molecule has 0 amide bonds. The van der Waals surface area contributed by atoms with E-state index in [9.17, 15) is 5.11 Å². The van der Waals surface area contributed by atoms with E-state index in [4.69, 9.17) is 0 Å². The van der Waals surface area contributed by atoms with Crippen molar-refractivity contribution in [3.05, 3.63) is 29.8 Å². The summed E-state index contributed by atoms with van der Waals surface area (Å²) in [5.41, 5.74) is 2.57. The van der Waals surface area contributed by atoms with Crippen LogP contribution in [0.4, 0.5) is 5.69 Å². The summed E-state index contributed by atoms with van der Waals surface area (Å²) in [6.07, 6.45) is 5.25. The molecule has 0 spiro atoms. The summed E-state index contributed by atoms with van der Waals surface area (Å²) in [5.74, 6) is 0. The number of aliphatic hydroxyl groups is 1. The minimum atomic E-state index is -0.172. The van der Waals surface area contributed by atoms with Crippen molar-refractivity contribution in [2.75, 3.05) is 5.32 Å². The predicted molar refractivity (Wildman–Crippen MR) is 67.7 cm³/mol. The highest BCUT2D eigenvalue weighted by molar-refractivity contribution is 5.52. The lowest BCUT2D eigenvalue weighted by Gasteiger charge is -2.20. The number of benzene rings is 1. The van der Waals surface area contributed by atoms with Crippen LogP contribution in [0.5, 0.6) is 0 Å². The largest absolute Gasteiger partial charge is 0.391 e. The minimum Gasteiger partial charge on any atom is -0.391 e. The van der Waals surface area contributed by atoms with Crippen LogP contribution in [0.15, 0.2) is 24.3 Å². The monoisotopic (exact) mass is 219 g/mol. The molecule has 1 aliphatic carbocycles. The molecule has 1 fully saturated rings. The maximum Gasteiger partial charge on any atom is 0.0741 e. The van der Waals surface area contributed by atoms with E-state index in [1.54, 1.807) is 0 Å². The van der Waals surface area contributed by atoms with Gasteiger partial charge in [-0.25, -0.2) is 0 Å². The average Bonchev–Trinajstić information content (AvgIpc) is 2.68. The van der Waals surface area contributed by atoms with Crippen molar-refractivity contribution < 1.29 is 5.11 Å². The van der Waals surface area contributed by atoms with E-state index in [0.29, 0.717) is 0 Å². The fraction of sp³-hybridized carbons (Fsp3) is 0.571. The zero-order valence-corrected chi connectivity index (χ0v) is 9.95. The van der Waals surface area contributed by atoms with Crippen molar-refractivity contribution in [2.45, 2.75) is 51.2 Å². The highest BCUT2D eigenvalue weighted by Crippen LogP contribution is 2.25. The number of rotatable bonds is 4. The van der Waals surface area contributed by atoms with Crippen LogP contribution in [0, 0.1) is 0 Å². The number of para-hydroxylation sites is 1. The topological polar surface area (TPSA) is 32.3 Å². The van der Waals surface area contributed by atoms with Crippen LogP contribution in [0.25, 0.3) is 0 Å². The van der Waals surface area contributed by atoms with Crippen LogP contribution in [-0.2, 0) is 6.42 Å². The lowest BCUT2D eigenvalue weighted by atomic mass is 10.1. The van der Waals surface area contributed by atoms with Crippen LogP contribution in [0.2, 0.25) is 0 Å². The van der Waals surface area contributed by atoms with Gasteiger partial charge in [-0.15, -0.1) is 0 Å². The minimum absolute atomic E-state index is 0.172. The van der Waals surface area contributed by atoms with Crippen LogP contribution < -0.4 is 5.32 Å². The third-order valence-electron chi connectivity index (χ3n) is 3.36. The van der Waals surface area contributed by atoms with Crippen molar-refractivity contribution in [1.82, 2.24) is 0 Å². The smallest absolute Gasteiger partial charge is 0.0741 e. The van der Waals surface area contributed by atoms with Crippen molar-refractivity contribution >= 4 is 5.69 Å². The van der Waals surface area contributed by atoms with E-state index in [0.717, 1.165) is 32.1 Å². The first-order valence-electron chi connectivity index (χ1n) is 6.33. The van der Waals surface area contributed by atoms with Gasteiger partial charge in [0.1, 0.15) is 0 Å².